The molecule has 3 N–H and O–H groups in total. The lowest BCUT2D eigenvalue weighted by molar-refractivity contribution is -0.132. The number of carbonyl (C=O) groups excluding carboxylic acids is 1. The van der Waals surface area contributed by atoms with Crippen LogP contribution in [0, 0.1) is 0 Å². The molecule has 1 aromatic carbocycles. The molecule has 21 heavy (non-hydrogen) atoms. The maximum Gasteiger partial charge on any atom is 0.244 e. The van der Waals surface area contributed by atoms with Crippen LogP contribution in [0.1, 0.15) is 31.7 Å². The minimum absolute atomic E-state index is 0.153. The first kappa shape index (κ1) is 16.2. The van der Waals surface area contributed by atoms with Crippen LogP contribution in [0.15, 0.2) is 22.7 Å². The van der Waals surface area contributed by atoms with E-state index in [1.165, 1.54) is 6.42 Å². The molecule has 1 unspecified atom stereocenters. The average molecular weight is 370 g/mol. The number of thiocarbonyl (C=S) groups is 1. The van der Waals surface area contributed by atoms with E-state index in [-0.39, 0.29) is 11.9 Å². The number of piperidine rings is 1. The molecule has 1 heterocycles. The van der Waals surface area contributed by atoms with Gasteiger partial charge in [-0.3, -0.25) is 4.79 Å². The minimum atomic E-state index is -0.255. The second kappa shape index (κ2) is 7.22. The van der Waals surface area contributed by atoms with Crippen molar-refractivity contribution < 1.29 is 4.79 Å². The summed E-state index contributed by atoms with van der Waals surface area (Å²) in [5, 5.41) is 3.25. The maximum atomic E-state index is 12.4. The highest BCUT2D eigenvalue weighted by molar-refractivity contribution is 9.10. The van der Waals surface area contributed by atoms with Crippen LogP contribution >= 0.6 is 28.1 Å². The molecule has 1 aliphatic heterocycles. The Kier molecular flexibility index (Phi) is 5.58. The van der Waals surface area contributed by atoms with Gasteiger partial charge in [-0.1, -0.05) is 12.2 Å². The Hall–Kier alpha value is -1.14. The SMILES string of the molecule is CC(Nc1ccc(C(N)=S)cc1Br)C(=O)N1CCCCC1. The van der Waals surface area contributed by atoms with Crippen molar-refractivity contribution >= 4 is 44.7 Å². The van der Waals surface area contributed by atoms with Crippen LogP contribution in [0.4, 0.5) is 5.69 Å². The summed E-state index contributed by atoms with van der Waals surface area (Å²) >= 11 is 8.44. The van der Waals surface area contributed by atoms with Crippen LogP contribution < -0.4 is 11.1 Å². The Labute approximate surface area is 139 Å². The number of halogens is 1. The largest absolute Gasteiger partial charge is 0.389 e. The van der Waals surface area contributed by atoms with Gasteiger partial charge in [0.2, 0.25) is 5.91 Å². The molecule has 2 rings (SSSR count). The van der Waals surface area contributed by atoms with Crippen LogP contribution in [0.25, 0.3) is 0 Å². The molecular weight excluding hydrogens is 350 g/mol. The summed E-state index contributed by atoms with van der Waals surface area (Å²) in [5.74, 6) is 0.153. The average Bonchev–Trinajstić information content (AvgIpc) is 2.49. The lowest BCUT2D eigenvalue weighted by Gasteiger charge is -2.30. The summed E-state index contributed by atoms with van der Waals surface area (Å²) in [6.07, 6.45) is 3.42. The number of benzene rings is 1. The molecule has 4 nitrogen and oxygen atoms in total. The molecule has 0 aromatic heterocycles. The van der Waals surface area contributed by atoms with Gasteiger partial charge < -0.3 is 16.0 Å². The third-order valence-corrected chi connectivity index (χ3v) is 4.56. The van der Waals surface area contributed by atoms with Crippen LogP contribution in [-0.2, 0) is 4.79 Å². The number of likely N-dealkylation sites (tertiary alicyclic amines) is 1. The van der Waals surface area contributed by atoms with E-state index in [1.54, 1.807) is 0 Å². The molecule has 114 valence electrons. The molecule has 1 atom stereocenters. The molecule has 0 radical (unpaired) electrons. The molecule has 1 aromatic rings. The number of amides is 1. The fourth-order valence-electron chi connectivity index (χ4n) is 2.47. The lowest BCUT2D eigenvalue weighted by atomic mass is 10.1. The number of anilines is 1. The van der Waals surface area contributed by atoms with Gasteiger partial charge in [-0.15, -0.1) is 0 Å². The topological polar surface area (TPSA) is 58.4 Å². The molecule has 1 aliphatic rings. The molecule has 0 bridgehead atoms. The zero-order valence-corrected chi connectivity index (χ0v) is 14.5. The predicted octanol–water partition coefficient (Wildman–Crippen LogP) is 2.90. The van der Waals surface area contributed by atoms with Crippen molar-refractivity contribution in [3.8, 4) is 0 Å². The number of nitrogens with two attached hydrogens (primary N) is 1. The van der Waals surface area contributed by atoms with E-state index >= 15 is 0 Å². The molecule has 1 saturated heterocycles. The van der Waals surface area contributed by atoms with Crippen LogP contribution in [-0.4, -0.2) is 34.9 Å². The second-order valence-electron chi connectivity index (χ2n) is 5.31. The normalized spacial score (nSPS) is 16.4. The van der Waals surface area contributed by atoms with Crippen molar-refractivity contribution in [2.24, 2.45) is 5.73 Å². The van der Waals surface area contributed by atoms with Gasteiger partial charge in [0.05, 0.1) is 0 Å². The van der Waals surface area contributed by atoms with Gasteiger partial charge in [-0.2, -0.15) is 0 Å². The van der Waals surface area contributed by atoms with Crippen molar-refractivity contribution in [3.05, 3.63) is 28.2 Å². The fraction of sp³-hybridized carbons (Fsp3) is 0.467. The molecule has 6 heteroatoms. The van der Waals surface area contributed by atoms with Gasteiger partial charge in [0, 0.05) is 28.8 Å². The van der Waals surface area contributed by atoms with E-state index in [9.17, 15) is 4.79 Å². The third kappa shape index (κ3) is 4.17. The summed E-state index contributed by atoms with van der Waals surface area (Å²) in [7, 11) is 0. The van der Waals surface area contributed by atoms with Crippen LogP contribution in [0.5, 0.6) is 0 Å². The van der Waals surface area contributed by atoms with E-state index in [0.29, 0.717) is 4.99 Å². The predicted molar refractivity (Wildman–Crippen MR) is 93.5 cm³/mol. The summed E-state index contributed by atoms with van der Waals surface area (Å²) in [4.78, 5) is 14.7. The van der Waals surface area contributed by atoms with E-state index in [2.05, 4.69) is 21.2 Å². The van der Waals surface area contributed by atoms with E-state index in [0.717, 1.165) is 41.7 Å². The van der Waals surface area contributed by atoms with Crippen molar-refractivity contribution in [2.45, 2.75) is 32.2 Å². The van der Waals surface area contributed by atoms with Gasteiger partial charge in [0.25, 0.3) is 0 Å². The Balaban J connectivity index is 2.03. The third-order valence-electron chi connectivity index (χ3n) is 3.66. The van der Waals surface area contributed by atoms with E-state index in [1.807, 2.05) is 30.0 Å². The smallest absolute Gasteiger partial charge is 0.244 e. The van der Waals surface area contributed by atoms with Crippen molar-refractivity contribution in [1.29, 1.82) is 0 Å². The molecule has 0 aliphatic carbocycles. The number of rotatable bonds is 4. The van der Waals surface area contributed by atoms with Crippen molar-refractivity contribution in [3.63, 3.8) is 0 Å². The highest BCUT2D eigenvalue weighted by Crippen LogP contribution is 2.25. The van der Waals surface area contributed by atoms with Crippen molar-refractivity contribution in [2.75, 3.05) is 18.4 Å². The number of hydrogen-bond donors (Lipinski definition) is 2. The Morgan fingerprint density at radius 1 is 1.38 bits per heavy atom. The molecule has 1 amide bonds. The Morgan fingerprint density at radius 2 is 2.05 bits per heavy atom. The van der Waals surface area contributed by atoms with Crippen LogP contribution in [0.2, 0.25) is 0 Å². The van der Waals surface area contributed by atoms with E-state index in [4.69, 9.17) is 18.0 Å². The number of nitrogens with one attached hydrogen (secondary N) is 1. The monoisotopic (exact) mass is 369 g/mol. The highest BCUT2D eigenvalue weighted by Gasteiger charge is 2.22. The first-order valence-electron chi connectivity index (χ1n) is 7.13. The zero-order valence-electron chi connectivity index (χ0n) is 12.1. The number of nitrogens with zero attached hydrogens (tertiary/aromatic N) is 1. The van der Waals surface area contributed by atoms with Gasteiger partial charge >= 0.3 is 0 Å². The van der Waals surface area contributed by atoms with E-state index < -0.39 is 0 Å². The summed E-state index contributed by atoms with van der Waals surface area (Å²) in [6, 6.07) is 5.35. The Morgan fingerprint density at radius 3 is 2.62 bits per heavy atom. The first-order chi connectivity index (χ1) is 9.99. The van der Waals surface area contributed by atoms with Gasteiger partial charge in [0.1, 0.15) is 11.0 Å². The highest BCUT2D eigenvalue weighted by atomic mass is 79.9. The molecule has 0 spiro atoms. The first-order valence-corrected chi connectivity index (χ1v) is 8.34. The minimum Gasteiger partial charge on any atom is -0.389 e. The van der Waals surface area contributed by atoms with Crippen LogP contribution in [0.3, 0.4) is 0 Å². The second-order valence-corrected chi connectivity index (χ2v) is 6.61. The molecular formula is C15H20BrN3OS. The zero-order chi connectivity index (χ0) is 15.4. The molecule has 0 saturated carbocycles. The summed E-state index contributed by atoms with van der Waals surface area (Å²) in [6.45, 7) is 3.63. The summed E-state index contributed by atoms with van der Waals surface area (Å²) < 4.78 is 0.853. The fourth-order valence-corrected chi connectivity index (χ4v) is 3.09. The van der Waals surface area contributed by atoms with Gasteiger partial charge in [-0.25, -0.2) is 0 Å². The maximum absolute atomic E-state index is 12.4. The van der Waals surface area contributed by atoms with Gasteiger partial charge in [0.15, 0.2) is 0 Å². The quantitative estimate of drug-likeness (QED) is 0.801. The number of hydrogen-bond acceptors (Lipinski definition) is 3. The van der Waals surface area contributed by atoms with Gasteiger partial charge in [-0.05, 0) is 60.3 Å². The number of carbonyl (C=O) groups is 1. The van der Waals surface area contributed by atoms with Crippen molar-refractivity contribution in [1.82, 2.24) is 4.90 Å². The standard InChI is InChI=1S/C15H20BrN3OS/c1-10(15(20)19-7-3-2-4-8-19)18-13-6-5-11(14(17)21)9-12(13)16/h5-6,9-10,18H,2-4,7-8H2,1H3,(H2,17,21). The Bertz CT molecular complexity index is 544. The summed E-state index contributed by atoms with van der Waals surface area (Å²) in [5.41, 5.74) is 7.28. The lowest BCUT2D eigenvalue weighted by Crippen LogP contribution is -2.43. The molecule has 1 fully saturated rings.